The topological polar surface area (TPSA) is 143 Å². The molecule has 14 heteroatoms. The predicted octanol–water partition coefficient (Wildman–Crippen LogP) is 3.70. The zero-order chi connectivity index (χ0) is 27.3. The van der Waals surface area contributed by atoms with Gasteiger partial charge in [-0.2, -0.15) is 0 Å². The molecule has 3 aromatic heterocycles. The van der Waals surface area contributed by atoms with Gasteiger partial charge in [0.05, 0.1) is 19.2 Å². The minimum Gasteiger partial charge on any atom is -0.494 e. The first-order valence-electron chi connectivity index (χ1n) is 11.5. The first-order chi connectivity index (χ1) is 18.3. The van der Waals surface area contributed by atoms with Crippen LogP contribution in [-0.4, -0.2) is 64.2 Å². The van der Waals surface area contributed by atoms with E-state index in [-0.39, 0.29) is 24.2 Å². The molecule has 12 nitrogen and oxygen atoms in total. The highest BCUT2D eigenvalue weighted by Crippen LogP contribution is 2.37. The average Bonchev–Trinajstić information content (AvgIpc) is 3.34. The molecule has 1 aromatic carbocycles. The Kier molecular flexibility index (Phi) is 8.39. The van der Waals surface area contributed by atoms with Gasteiger partial charge in [0.2, 0.25) is 16.0 Å². The van der Waals surface area contributed by atoms with Crippen molar-refractivity contribution in [2.75, 3.05) is 25.5 Å². The van der Waals surface area contributed by atoms with Crippen LogP contribution in [0.4, 0.5) is 5.95 Å². The molecular weight excluding hydrogens is 534 g/mol. The van der Waals surface area contributed by atoms with Crippen LogP contribution >= 0.6 is 11.6 Å². The third-order valence-electron chi connectivity index (χ3n) is 5.57. The Morgan fingerprint density at radius 3 is 2.26 bits per heavy atom. The number of halogens is 1. The molecule has 0 amide bonds. The van der Waals surface area contributed by atoms with Crippen LogP contribution < -0.4 is 14.2 Å². The van der Waals surface area contributed by atoms with Gasteiger partial charge in [0.1, 0.15) is 34.2 Å². The van der Waals surface area contributed by atoms with Crippen LogP contribution in [0.25, 0.3) is 17.2 Å². The molecule has 0 saturated carbocycles. The zero-order valence-electron chi connectivity index (χ0n) is 21.1. The normalized spacial score (nSPS) is 13.1. The molecule has 1 N–H and O–H groups in total. The van der Waals surface area contributed by atoms with E-state index in [2.05, 4.69) is 29.9 Å². The number of aromatic nitrogens is 6. The maximum absolute atomic E-state index is 13.7. The number of nitrogens with one attached hydrogen (secondary N) is 1. The molecule has 4 rings (SSSR count). The molecule has 2 atom stereocenters. The number of nitrogens with zero attached hydrogens (tertiary/aromatic N) is 6. The summed E-state index contributed by atoms with van der Waals surface area (Å²) in [7, 11) is -1.16. The second-order valence-corrected chi connectivity index (χ2v) is 10.4. The summed E-state index contributed by atoms with van der Waals surface area (Å²) < 4.78 is 48.2. The van der Waals surface area contributed by atoms with E-state index in [4.69, 9.17) is 25.8 Å². The molecule has 0 radical (unpaired) electrons. The van der Waals surface area contributed by atoms with Gasteiger partial charge in [0, 0.05) is 25.2 Å². The summed E-state index contributed by atoms with van der Waals surface area (Å²) in [5, 5.41) is 7.59. The van der Waals surface area contributed by atoms with Crippen LogP contribution in [0, 0.1) is 0 Å². The number of methoxy groups -OCH3 is 2. The van der Waals surface area contributed by atoms with Crippen LogP contribution in [0.1, 0.15) is 25.8 Å². The number of anilines is 1. The van der Waals surface area contributed by atoms with Crippen molar-refractivity contribution >= 4 is 27.6 Å². The molecule has 0 bridgehead atoms. The maximum Gasteiger partial charge on any atom is 0.243 e. The summed E-state index contributed by atoms with van der Waals surface area (Å²) in [5.74, 6) is 1.14. The highest BCUT2D eigenvalue weighted by molar-refractivity contribution is 7.93. The fourth-order valence-electron chi connectivity index (χ4n) is 3.73. The Morgan fingerprint density at radius 1 is 1.00 bits per heavy atom. The summed E-state index contributed by atoms with van der Waals surface area (Å²) in [4.78, 5) is 12.7. The van der Waals surface area contributed by atoms with Gasteiger partial charge in [0.15, 0.2) is 11.6 Å². The lowest BCUT2D eigenvalue weighted by atomic mass is 10.2. The number of sulfonamides is 1. The Morgan fingerprint density at radius 2 is 1.68 bits per heavy atom. The lowest BCUT2D eigenvalue weighted by Crippen LogP contribution is -2.34. The highest BCUT2D eigenvalue weighted by atomic mass is 35.5. The largest absolute Gasteiger partial charge is 0.494 e. The minimum absolute atomic E-state index is 0.104. The molecule has 0 unspecified atom stereocenters. The average molecular weight is 560 g/mol. The second-order valence-electron chi connectivity index (χ2n) is 7.90. The van der Waals surface area contributed by atoms with Crippen molar-refractivity contribution in [3.63, 3.8) is 0 Å². The fourth-order valence-corrected chi connectivity index (χ4v) is 4.92. The van der Waals surface area contributed by atoms with E-state index in [0.717, 1.165) is 0 Å². The van der Waals surface area contributed by atoms with Crippen LogP contribution in [0.5, 0.6) is 11.5 Å². The van der Waals surface area contributed by atoms with Gasteiger partial charge >= 0.3 is 0 Å². The van der Waals surface area contributed by atoms with Crippen LogP contribution in [0.2, 0.25) is 5.02 Å². The SMILES string of the molecule is CCO[C@H](c1ncc(Cl)cn1)[C@H](C)S(=O)(=O)Nc1nnc(-c2ccccn2)n1-c1c(OC)cccc1OC. The summed E-state index contributed by atoms with van der Waals surface area (Å²) in [6.07, 6.45) is 3.37. The van der Waals surface area contributed by atoms with E-state index in [1.165, 1.54) is 38.1 Å². The van der Waals surface area contributed by atoms with Gasteiger partial charge < -0.3 is 14.2 Å². The van der Waals surface area contributed by atoms with Gasteiger partial charge in [-0.3, -0.25) is 14.3 Å². The van der Waals surface area contributed by atoms with E-state index < -0.39 is 21.4 Å². The van der Waals surface area contributed by atoms with Crippen LogP contribution in [-0.2, 0) is 14.8 Å². The lowest BCUT2D eigenvalue weighted by molar-refractivity contribution is 0.0558. The molecule has 0 aliphatic carbocycles. The van der Waals surface area contributed by atoms with Crippen molar-refractivity contribution in [1.29, 1.82) is 0 Å². The number of para-hydroxylation sites is 1. The molecular formula is C24H26ClN7O5S. The Bertz CT molecular complexity index is 1460. The second kappa shape index (κ2) is 11.7. The fraction of sp³-hybridized carbons (Fsp3) is 0.292. The Balaban J connectivity index is 1.83. The molecule has 0 spiro atoms. The van der Waals surface area contributed by atoms with E-state index >= 15 is 0 Å². The molecule has 0 aliphatic heterocycles. The summed E-state index contributed by atoms with van der Waals surface area (Å²) in [5.41, 5.74) is 0.837. The zero-order valence-corrected chi connectivity index (χ0v) is 22.6. The number of pyridine rings is 1. The quantitative estimate of drug-likeness (QED) is 0.289. The van der Waals surface area contributed by atoms with Gasteiger partial charge in [-0.25, -0.2) is 18.4 Å². The van der Waals surface area contributed by atoms with E-state index in [1.54, 1.807) is 49.5 Å². The van der Waals surface area contributed by atoms with E-state index in [9.17, 15) is 8.42 Å². The standard InChI is InChI=1S/C24H26ClN7O5S/c1-5-37-21(22-27-13-16(25)14-28-22)15(2)38(33,34)31-24-30-29-23(17-9-6-7-12-26-17)32(24)20-18(35-3)10-8-11-19(20)36-4/h6-15,21H,5H2,1-4H3,(H,30,31)/t15-,21-/m0/s1. The van der Waals surface area contributed by atoms with E-state index in [0.29, 0.717) is 27.9 Å². The van der Waals surface area contributed by atoms with Crippen molar-refractivity contribution in [2.24, 2.45) is 0 Å². The van der Waals surface area contributed by atoms with Gasteiger partial charge in [0.25, 0.3) is 0 Å². The molecule has 0 saturated heterocycles. The lowest BCUT2D eigenvalue weighted by Gasteiger charge is -2.23. The molecule has 3 heterocycles. The third-order valence-corrected chi connectivity index (χ3v) is 7.46. The molecule has 0 aliphatic rings. The number of hydrogen-bond donors (Lipinski definition) is 1. The van der Waals surface area contributed by atoms with Gasteiger partial charge in [-0.1, -0.05) is 23.7 Å². The van der Waals surface area contributed by atoms with Crippen LogP contribution in [0.3, 0.4) is 0 Å². The van der Waals surface area contributed by atoms with Crippen molar-refractivity contribution in [2.45, 2.75) is 25.2 Å². The number of hydrogen-bond acceptors (Lipinski definition) is 10. The molecule has 38 heavy (non-hydrogen) atoms. The van der Waals surface area contributed by atoms with E-state index in [1.807, 2.05) is 0 Å². The molecule has 0 fully saturated rings. The van der Waals surface area contributed by atoms with Crippen molar-refractivity contribution in [1.82, 2.24) is 29.7 Å². The maximum atomic E-state index is 13.7. The highest BCUT2D eigenvalue weighted by Gasteiger charge is 2.35. The minimum atomic E-state index is -4.14. The van der Waals surface area contributed by atoms with Crippen molar-refractivity contribution in [3.05, 3.63) is 65.8 Å². The summed E-state index contributed by atoms with van der Waals surface area (Å²) in [6, 6.07) is 10.4. The van der Waals surface area contributed by atoms with Gasteiger partial charge in [-0.05, 0) is 38.1 Å². The summed E-state index contributed by atoms with van der Waals surface area (Å²) >= 11 is 5.91. The smallest absolute Gasteiger partial charge is 0.243 e. The molecule has 4 aromatic rings. The Hall–Kier alpha value is -3.81. The Labute approximate surface area is 225 Å². The molecule has 200 valence electrons. The third kappa shape index (κ3) is 5.54. The van der Waals surface area contributed by atoms with Crippen LogP contribution in [0.15, 0.2) is 55.0 Å². The predicted molar refractivity (Wildman–Crippen MR) is 141 cm³/mol. The van der Waals surface area contributed by atoms with Crippen molar-refractivity contribution in [3.8, 4) is 28.7 Å². The first kappa shape index (κ1) is 27.2. The number of ether oxygens (including phenoxy) is 3. The first-order valence-corrected chi connectivity index (χ1v) is 13.4. The van der Waals surface area contributed by atoms with Crippen molar-refractivity contribution < 1.29 is 22.6 Å². The summed E-state index contributed by atoms with van der Waals surface area (Å²) in [6.45, 7) is 3.47. The number of rotatable bonds is 11. The number of benzene rings is 1. The van der Waals surface area contributed by atoms with Gasteiger partial charge in [-0.15, -0.1) is 10.2 Å². The monoisotopic (exact) mass is 559 g/mol.